The molecule has 4 N–H and O–H groups in total. The number of nitro groups is 1. The molecule has 15 nitrogen and oxygen atoms in total. The highest BCUT2D eigenvalue weighted by Gasteiger charge is 2.50. The van der Waals surface area contributed by atoms with Gasteiger partial charge in [-0.25, -0.2) is 18.1 Å². The van der Waals surface area contributed by atoms with E-state index < -0.39 is 37.0 Å². The smallest absolute Gasteiger partial charge is 0.293 e. The molecular formula is C56H64Cl2N8O7S. The van der Waals surface area contributed by atoms with Gasteiger partial charge in [0.1, 0.15) is 22.8 Å². The van der Waals surface area contributed by atoms with E-state index in [1.807, 2.05) is 19.1 Å². The van der Waals surface area contributed by atoms with E-state index in [2.05, 4.69) is 85.0 Å². The van der Waals surface area contributed by atoms with Gasteiger partial charge in [0.05, 0.1) is 32.2 Å². The van der Waals surface area contributed by atoms with E-state index in [1.165, 1.54) is 35.0 Å². The number of ether oxygens (including phenoxy) is 1. The zero-order valence-electron chi connectivity index (χ0n) is 42.0. The molecule has 390 valence electrons. The van der Waals surface area contributed by atoms with Crippen molar-refractivity contribution in [2.45, 2.75) is 107 Å². The van der Waals surface area contributed by atoms with Gasteiger partial charge < -0.3 is 25.0 Å². The van der Waals surface area contributed by atoms with Crippen LogP contribution >= 0.6 is 23.2 Å². The molecule has 0 radical (unpaired) electrons. The molecule has 0 bridgehead atoms. The highest BCUT2D eigenvalue weighted by atomic mass is 35.5. The molecule has 2 saturated heterocycles. The fraction of sp³-hybridized carbons (Fsp3) is 0.429. The molecule has 1 amide bonds. The third kappa shape index (κ3) is 11.3. The number of pyridine rings is 1. The van der Waals surface area contributed by atoms with Crippen LogP contribution in [0.4, 0.5) is 17.1 Å². The Bertz CT molecular complexity index is 3140. The average Bonchev–Trinajstić information content (AvgIpc) is 3.75. The number of sulfonamides is 1. The van der Waals surface area contributed by atoms with E-state index in [-0.39, 0.29) is 40.1 Å². The maximum absolute atomic E-state index is 14.1. The quantitative estimate of drug-likeness (QED) is 0.0564. The fourth-order valence-electron chi connectivity index (χ4n) is 11.8. The summed E-state index contributed by atoms with van der Waals surface area (Å²) in [6.45, 7) is 12.2. The molecule has 2 aliphatic heterocycles. The average molecular weight is 1060 g/mol. The van der Waals surface area contributed by atoms with Gasteiger partial charge in [-0.2, -0.15) is 0 Å². The van der Waals surface area contributed by atoms with Crippen molar-refractivity contribution >= 4 is 67.2 Å². The van der Waals surface area contributed by atoms with Gasteiger partial charge in [0.2, 0.25) is 0 Å². The number of halogens is 2. The first-order valence-corrected chi connectivity index (χ1v) is 28.0. The summed E-state index contributed by atoms with van der Waals surface area (Å²) in [6.07, 6.45) is 10.1. The van der Waals surface area contributed by atoms with E-state index in [0.29, 0.717) is 47.4 Å². The fourth-order valence-corrected chi connectivity index (χ4v) is 13.1. The van der Waals surface area contributed by atoms with Gasteiger partial charge in [-0.1, -0.05) is 73.4 Å². The molecular weight excluding hydrogens is 1000 g/mol. The number of benzene rings is 4. The van der Waals surface area contributed by atoms with Gasteiger partial charge in [-0.05, 0) is 135 Å². The van der Waals surface area contributed by atoms with Gasteiger partial charge in [0.25, 0.3) is 21.6 Å². The number of H-pyrrole nitrogens is 1. The van der Waals surface area contributed by atoms with Gasteiger partial charge in [-0.15, -0.1) is 0 Å². The van der Waals surface area contributed by atoms with Gasteiger partial charge in [0, 0.05) is 92.3 Å². The van der Waals surface area contributed by atoms with Crippen LogP contribution in [0.1, 0.15) is 111 Å². The lowest BCUT2D eigenvalue weighted by Gasteiger charge is -2.58. The first-order valence-electron chi connectivity index (χ1n) is 25.7. The third-order valence-corrected chi connectivity index (χ3v) is 18.1. The lowest BCUT2D eigenvalue weighted by Crippen LogP contribution is -2.60. The number of carbonyl (C=O) groups is 1. The molecule has 4 heterocycles. The minimum atomic E-state index is -4.61. The lowest BCUT2D eigenvalue weighted by molar-refractivity contribution is -0.384. The van der Waals surface area contributed by atoms with Gasteiger partial charge >= 0.3 is 0 Å². The molecule has 6 aromatic rings. The highest BCUT2D eigenvalue weighted by Crippen LogP contribution is 2.53. The molecule has 1 unspecified atom stereocenters. The van der Waals surface area contributed by atoms with Crippen LogP contribution in [0.2, 0.25) is 10.0 Å². The number of anilines is 2. The molecule has 18 heteroatoms. The number of hydrogen-bond donors (Lipinski definition) is 4. The van der Waals surface area contributed by atoms with Crippen LogP contribution in [0.15, 0.2) is 108 Å². The number of rotatable bonds is 15. The maximum atomic E-state index is 14.1. The standard InChI is InChI=1S/C56H64Cl2N8O7S/c1-36(2)44-6-4-5-7-45(44)51-35-63(34-38-8-10-39(57)11-9-38)24-25-65(51)41-29-56(30-41)20-22-64(23-21-56)40-12-14-46(52(26-40)73-42-27-47-48(58)33-61-53(47)60-32-42)54(67)62-74(71,72)43-13-15-49(50(28-43)66(69)70)59-31-37-16-18-55(3,68)19-17-37/h4-15,26-28,32-33,36-37,41,51,59,68H,16-25,29-31,34-35H2,1-3H3,(H,60,61)(H,62,67). The molecule has 1 atom stereocenters. The monoisotopic (exact) mass is 1060 g/mol. The summed E-state index contributed by atoms with van der Waals surface area (Å²) in [5.74, 6) is 0.00943. The first kappa shape index (κ1) is 51.7. The Labute approximate surface area is 442 Å². The Morgan fingerprint density at radius 3 is 2.43 bits per heavy atom. The Morgan fingerprint density at radius 1 is 0.959 bits per heavy atom. The molecule has 2 aliphatic carbocycles. The van der Waals surface area contributed by atoms with Crippen LogP contribution in [-0.2, 0) is 16.6 Å². The molecule has 2 aromatic heterocycles. The van der Waals surface area contributed by atoms with Crippen molar-refractivity contribution in [2.75, 3.05) is 49.5 Å². The topological polar surface area (TPSA) is 186 Å². The number of aromatic amines is 1. The normalized spacial score (nSPS) is 21.7. The van der Waals surface area contributed by atoms with E-state index >= 15 is 0 Å². The summed E-state index contributed by atoms with van der Waals surface area (Å²) in [7, 11) is -4.61. The number of carbonyl (C=O) groups excluding carboxylic acids is 1. The molecule has 4 aromatic carbocycles. The van der Waals surface area contributed by atoms with E-state index in [0.717, 1.165) is 94.6 Å². The minimum Gasteiger partial charge on any atom is -0.455 e. The molecule has 74 heavy (non-hydrogen) atoms. The van der Waals surface area contributed by atoms with Crippen molar-refractivity contribution < 1.29 is 28.0 Å². The second-order valence-corrected chi connectivity index (χ2v) is 24.2. The second-order valence-electron chi connectivity index (χ2n) is 21.6. The van der Waals surface area contributed by atoms with E-state index in [4.69, 9.17) is 27.9 Å². The maximum Gasteiger partial charge on any atom is 0.293 e. The van der Waals surface area contributed by atoms with Crippen molar-refractivity contribution in [1.29, 1.82) is 0 Å². The van der Waals surface area contributed by atoms with Gasteiger partial charge in [0.15, 0.2) is 0 Å². The summed E-state index contributed by atoms with van der Waals surface area (Å²) < 4.78 is 36.3. The van der Waals surface area contributed by atoms with Crippen molar-refractivity contribution in [3.05, 3.63) is 146 Å². The largest absolute Gasteiger partial charge is 0.455 e. The highest BCUT2D eigenvalue weighted by molar-refractivity contribution is 7.90. The number of piperazine rings is 1. The lowest BCUT2D eigenvalue weighted by atomic mass is 9.59. The number of aromatic nitrogens is 2. The molecule has 4 fully saturated rings. The number of nitrogens with one attached hydrogen (secondary N) is 3. The van der Waals surface area contributed by atoms with Crippen molar-refractivity contribution in [2.24, 2.45) is 11.3 Å². The van der Waals surface area contributed by atoms with E-state index in [1.54, 1.807) is 30.5 Å². The minimum absolute atomic E-state index is 0.0611. The second kappa shape index (κ2) is 21.1. The molecule has 2 saturated carbocycles. The van der Waals surface area contributed by atoms with Crippen molar-refractivity contribution in [3.8, 4) is 11.5 Å². The van der Waals surface area contributed by atoms with Crippen LogP contribution in [0, 0.1) is 21.4 Å². The predicted molar refractivity (Wildman–Crippen MR) is 290 cm³/mol. The Hall–Kier alpha value is -5.75. The summed E-state index contributed by atoms with van der Waals surface area (Å²) >= 11 is 12.7. The number of hydrogen-bond acceptors (Lipinski definition) is 12. The number of aliphatic hydroxyl groups is 1. The summed E-state index contributed by atoms with van der Waals surface area (Å²) in [4.78, 5) is 40.4. The van der Waals surface area contributed by atoms with E-state index in [9.17, 15) is 28.4 Å². The predicted octanol–water partition coefficient (Wildman–Crippen LogP) is 11.5. The molecule has 1 spiro atoms. The third-order valence-electron chi connectivity index (χ3n) is 16.2. The zero-order valence-corrected chi connectivity index (χ0v) is 44.4. The summed E-state index contributed by atoms with van der Waals surface area (Å²) in [5.41, 5.74) is 4.62. The number of nitro benzene ring substituents is 1. The Balaban J connectivity index is 0.840. The Kier molecular flexibility index (Phi) is 14.8. The zero-order chi connectivity index (χ0) is 51.9. The Morgan fingerprint density at radius 2 is 1.70 bits per heavy atom. The molecule has 10 rings (SSSR count). The van der Waals surface area contributed by atoms with Crippen LogP contribution in [-0.4, -0.2) is 95.0 Å². The van der Waals surface area contributed by atoms with Gasteiger partial charge in [-0.3, -0.25) is 24.7 Å². The summed E-state index contributed by atoms with van der Waals surface area (Å²) in [6, 6.07) is 28.3. The first-order chi connectivity index (χ1) is 35.4. The molecule has 4 aliphatic rings. The van der Waals surface area contributed by atoms with Crippen LogP contribution < -0.4 is 19.7 Å². The van der Waals surface area contributed by atoms with Crippen LogP contribution in [0.25, 0.3) is 11.0 Å². The van der Waals surface area contributed by atoms with Crippen LogP contribution in [0.3, 0.4) is 0 Å². The number of piperidine rings is 1. The van der Waals surface area contributed by atoms with Crippen molar-refractivity contribution in [1.82, 2.24) is 24.5 Å². The van der Waals surface area contributed by atoms with Crippen molar-refractivity contribution in [3.63, 3.8) is 0 Å². The summed E-state index contributed by atoms with van der Waals surface area (Å²) in [5, 5.41) is 27.5. The number of fused-ring (bicyclic) bond motifs is 1. The SMILES string of the molecule is CC(C)c1ccccc1C1CN(Cc2ccc(Cl)cc2)CCN1C1CC2(CCN(c3ccc(C(=O)NS(=O)(=O)c4ccc(NCC5CCC(C)(O)CC5)c([N+](=O)[O-])c4)c(Oc4cnc5[nH]cc(Cl)c5c4)c3)CC2)C1. The van der Waals surface area contributed by atoms with Crippen LogP contribution in [0.5, 0.6) is 11.5 Å². The number of amides is 1. The number of nitrogens with zero attached hydrogens (tertiary/aromatic N) is 5.